The van der Waals surface area contributed by atoms with E-state index in [0.29, 0.717) is 11.8 Å². The zero-order valence-electron chi connectivity index (χ0n) is 19.7. The van der Waals surface area contributed by atoms with Crippen LogP contribution in [0.3, 0.4) is 0 Å². The van der Waals surface area contributed by atoms with E-state index in [4.69, 9.17) is 0 Å². The number of benzene rings is 1. The molecule has 2 fully saturated rings. The van der Waals surface area contributed by atoms with Crippen LogP contribution in [-0.4, -0.2) is 6.36 Å². The number of halogens is 3. The van der Waals surface area contributed by atoms with Crippen molar-refractivity contribution in [2.75, 3.05) is 0 Å². The molecule has 32 heavy (non-hydrogen) atoms. The van der Waals surface area contributed by atoms with E-state index in [1.54, 1.807) is 12.1 Å². The van der Waals surface area contributed by atoms with Gasteiger partial charge in [0.15, 0.2) is 0 Å². The van der Waals surface area contributed by atoms with Gasteiger partial charge in [0.05, 0.1) is 0 Å². The van der Waals surface area contributed by atoms with Crippen molar-refractivity contribution < 1.29 is 17.9 Å². The van der Waals surface area contributed by atoms with Crippen LogP contribution in [-0.2, 0) is 0 Å². The molecule has 0 spiro atoms. The topological polar surface area (TPSA) is 9.23 Å². The Bertz CT molecular complexity index is 665. The summed E-state index contributed by atoms with van der Waals surface area (Å²) in [5.74, 6) is 3.53. The normalized spacial score (nSPS) is 27.6. The molecule has 1 aromatic rings. The van der Waals surface area contributed by atoms with Gasteiger partial charge in [-0.25, -0.2) is 0 Å². The molecule has 0 aromatic heterocycles. The number of unbranched alkanes of at least 4 members (excludes halogenated alkanes) is 2. The van der Waals surface area contributed by atoms with E-state index in [9.17, 15) is 13.2 Å². The Hall–Kier alpha value is -1.45. The quantitative estimate of drug-likeness (QED) is 0.255. The van der Waals surface area contributed by atoms with E-state index >= 15 is 0 Å². The van der Waals surface area contributed by atoms with Crippen molar-refractivity contribution in [3.8, 4) is 5.75 Å². The van der Waals surface area contributed by atoms with Gasteiger partial charge in [0.25, 0.3) is 0 Å². The predicted molar refractivity (Wildman–Crippen MR) is 126 cm³/mol. The van der Waals surface area contributed by atoms with Gasteiger partial charge < -0.3 is 4.74 Å². The minimum absolute atomic E-state index is 0.146. The molecule has 180 valence electrons. The number of allylic oxidation sites excluding steroid dienone is 1. The average Bonchev–Trinajstić information content (AvgIpc) is 2.78. The third-order valence-electron chi connectivity index (χ3n) is 8.12. The second-order valence-corrected chi connectivity index (χ2v) is 10.2. The van der Waals surface area contributed by atoms with E-state index in [0.717, 1.165) is 29.7 Å². The maximum absolute atomic E-state index is 12.5. The number of ether oxygens (including phenoxy) is 1. The number of rotatable bonds is 10. The van der Waals surface area contributed by atoms with Gasteiger partial charge in [-0.05, 0) is 92.2 Å². The van der Waals surface area contributed by atoms with Gasteiger partial charge >= 0.3 is 6.36 Å². The zero-order valence-corrected chi connectivity index (χ0v) is 19.7. The van der Waals surface area contributed by atoms with Crippen molar-refractivity contribution in [3.05, 3.63) is 42.5 Å². The van der Waals surface area contributed by atoms with Gasteiger partial charge in [0.1, 0.15) is 5.75 Å². The molecule has 1 aromatic carbocycles. The molecular formula is C28H41F3O. The minimum atomic E-state index is -4.64. The lowest BCUT2D eigenvalue weighted by molar-refractivity contribution is -0.274. The summed E-state index contributed by atoms with van der Waals surface area (Å²) in [6.45, 7) is 6.22. The fraction of sp³-hybridized carbons (Fsp3) is 0.714. The largest absolute Gasteiger partial charge is 0.573 e. The van der Waals surface area contributed by atoms with Crippen LogP contribution in [0.1, 0.15) is 102 Å². The Labute approximate surface area is 192 Å². The second-order valence-electron chi connectivity index (χ2n) is 10.2. The maximum atomic E-state index is 12.5. The van der Waals surface area contributed by atoms with E-state index in [1.165, 1.54) is 89.2 Å². The van der Waals surface area contributed by atoms with E-state index < -0.39 is 6.36 Å². The summed E-state index contributed by atoms with van der Waals surface area (Å²) in [5, 5.41) is 0. The van der Waals surface area contributed by atoms with Crippen LogP contribution in [0.4, 0.5) is 13.2 Å². The summed E-state index contributed by atoms with van der Waals surface area (Å²) >= 11 is 0. The third-order valence-corrected chi connectivity index (χ3v) is 8.12. The van der Waals surface area contributed by atoms with Crippen molar-refractivity contribution in [3.63, 3.8) is 0 Å². The lowest BCUT2D eigenvalue weighted by Gasteiger charge is -2.40. The number of hydrogen-bond acceptors (Lipinski definition) is 1. The zero-order chi connectivity index (χ0) is 23.0. The second kappa shape index (κ2) is 12.1. The summed E-state index contributed by atoms with van der Waals surface area (Å²) in [4.78, 5) is 0. The monoisotopic (exact) mass is 450 g/mol. The van der Waals surface area contributed by atoms with Crippen LogP contribution in [0.15, 0.2) is 36.9 Å². The predicted octanol–water partition coefficient (Wildman–Crippen LogP) is 9.44. The molecule has 0 aliphatic heterocycles. The Kier molecular flexibility index (Phi) is 9.55. The van der Waals surface area contributed by atoms with Crippen molar-refractivity contribution >= 4 is 0 Å². The Morgan fingerprint density at radius 2 is 1.53 bits per heavy atom. The molecule has 0 radical (unpaired) electrons. The molecule has 1 atom stereocenters. The van der Waals surface area contributed by atoms with E-state index in [2.05, 4.69) is 18.2 Å². The first-order valence-corrected chi connectivity index (χ1v) is 12.9. The highest BCUT2D eigenvalue weighted by Gasteiger charge is 2.34. The minimum Gasteiger partial charge on any atom is -0.406 e. The Morgan fingerprint density at radius 3 is 2.06 bits per heavy atom. The highest BCUT2D eigenvalue weighted by molar-refractivity contribution is 5.30. The third kappa shape index (κ3) is 7.56. The van der Waals surface area contributed by atoms with Crippen molar-refractivity contribution in [1.82, 2.24) is 0 Å². The van der Waals surface area contributed by atoms with Crippen LogP contribution >= 0.6 is 0 Å². The first kappa shape index (κ1) is 25.2. The van der Waals surface area contributed by atoms with E-state index in [-0.39, 0.29) is 5.75 Å². The smallest absolute Gasteiger partial charge is 0.406 e. The molecule has 0 heterocycles. The van der Waals surface area contributed by atoms with Gasteiger partial charge in [-0.2, -0.15) is 0 Å². The summed E-state index contributed by atoms with van der Waals surface area (Å²) in [6, 6.07) is 6.51. The van der Waals surface area contributed by atoms with Crippen LogP contribution in [0.5, 0.6) is 5.75 Å². The first-order chi connectivity index (χ1) is 15.4. The van der Waals surface area contributed by atoms with Crippen molar-refractivity contribution in [2.24, 2.45) is 23.7 Å². The Balaban J connectivity index is 1.49. The first-order valence-electron chi connectivity index (χ1n) is 12.9. The van der Waals surface area contributed by atoms with Crippen LogP contribution in [0, 0.1) is 23.7 Å². The summed E-state index contributed by atoms with van der Waals surface area (Å²) in [6.07, 6.45) is 14.5. The molecule has 0 amide bonds. The maximum Gasteiger partial charge on any atom is 0.573 e. The average molecular weight is 451 g/mol. The lowest BCUT2D eigenvalue weighted by atomic mass is 9.66. The SMILES string of the molecule is C=CCC(c1ccc(OC(F)(F)F)cc1)C1CCC(C2CCC(CCCCC)CC2)CC1. The van der Waals surface area contributed by atoms with Crippen molar-refractivity contribution in [1.29, 1.82) is 0 Å². The molecule has 2 aliphatic rings. The van der Waals surface area contributed by atoms with Gasteiger partial charge in [-0.1, -0.05) is 63.7 Å². The molecule has 3 rings (SSSR count). The molecule has 4 heteroatoms. The molecule has 1 unspecified atom stereocenters. The molecule has 0 N–H and O–H groups in total. The number of hydrogen-bond donors (Lipinski definition) is 0. The van der Waals surface area contributed by atoms with Gasteiger partial charge in [-0.15, -0.1) is 19.8 Å². The molecule has 2 saturated carbocycles. The highest BCUT2D eigenvalue weighted by Crippen LogP contribution is 2.46. The highest BCUT2D eigenvalue weighted by atomic mass is 19.4. The lowest BCUT2D eigenvalue weighted by Crippen LogP contribution is -2.27. The standard InChI is InChI=1S/C28H41F3O/c1-3-5-6-8-21-9-11-22(12-10-21)23-13-15-24(16-14-23)27(7-4-2)25-17-19-26(20-18-25)32-28(29,30)31/h4,17-24,27H,2-3,5-16H2,1H3. The summed E-state index contributed by atoms with van der Waals surface area (Å²) in [7, 11) is 0. The van der Waals surface area contributed by atoms with Gasteiger partial charge in [-0.3, -0.25) is 0 Å². The number of alkyl halides is 3. The van der Waals surface area contributed by atoms with Crippen LogP contribution < -0.4 is 4.74 Å². The van der Waals surface area contributed by atoms with Gasteiger partial charge in [0, 0.05) is 0 Å². The molecule has 0 bridgehead atoms. The van der Waals surface area contributed by atoms with Crippen molar-refractivity contribution in [2.45, 2.75) is 103 Å². The van der Waals surface area contributed by atoms with Gasteiger partial charge in [0.2, 0.25) is 0 Å². The fourth-order valence-electron chi connectivity index (χ4n) is 6.35. The molecule has 1 nitrogen and oxygen atoms in total. The summed E-state index contributed by atoms with van der Waals surface area (Å²) in [5.41, 5.74) is 1.11. The summed E-state index contributed by atoms with van der Waals surface area (Å²) < 4.78 is 41.4. The molecular weight excluding hydrogens is 409 g/mol. The van der Waals surface area contributed by atoms with Crippen LogP contribution in [0.2, 0.25) is 0 Å². The molecule has 2 aliphatic carbocycles. The van der Waals surface area contributed by atoms with Crippen LogP contribution in [0.25, 0.3) is 0 Å². The Morgan fingerprint density at radius 1 is 0.938 bits per heavy atom. The fourth-order valence-corrected chi connectivity index (χ4v) is 6.35. The molecule has 0 saturated heterocycles. The van der Waals surface area contributed by atoms with E-state index in [1.807, 2.05) is 6.08 Å².